The Morgan fingerprint density at radius 1 is 1.10 bits per heavy atom. The molecule has 0 bridgehead atoms. The van der Waals surface area contributed by atoms with Gasteiger partial charge >= 0.3 is 0 Å². The number of nitriles is 1. The molecule has 7 heteroatoms. The molecule has 154 valence electrons. The van der Waals surface area contributed by atoms with Crippen molar-refractivity contribution in [2.75, 3.05) is 23.3 Å². The van der Waals surface area contributed by atoms with Gasteiger partial charge in [-0.1, -0.05) is 36.4 Å². The molecule has 3 heterocycles. The highest BCUT2D eigenvalue weighted by atomic mass is 16.4. The first kappa shape index (κ1) is 18.9. The molecule has 0 radical (unpaired) electrons. The Balaban J connectivity index is 1.27. The van der Waals surface area contributed by atoms with Crippen LogP contribution in [0, 0.1) is 17.2 Å². The fraction of sp³-hybridized carbons (Fsp3) is 0.208. The second-order valence-corrected chi connectivity index (χ2v) is 7.54. The predicted molar refractivity (Wildman–Crippen MR) is 116 cm³/mol. The molecule has 2 aromatic carbocycles. The van der Waals surface area contributed by atoms with Gasteiger partial charge < -0.3 is 19.1 Å². The van der Waals surface area contributed by atoms with Gasteiger partial charge in [-0.3, -0.25) is 4.79 Å². The number of hydrogen-bond donors (Lipinski definition) is 1. The topological polar surface area (TPSA) is 95.3 Å². The lowest BCUT2D eigenvalue weighted by Crippen LogP contribution is -2.38. The Kier molecular flexibility index (Phi) is 4.89. The van der Waals surface area contributed by atoms with Gasteiger partial charge in [0.1, 0.15) is 6.07 Å². The number of hydrogen-bond acceptors (Lipinski definition) is 6. The first-order valence-electron chi connectivity index (χ1n) is 10.2. The molecule has 1 aliphatic rings. The van der Waals surface area contributed by atoms with Gasteiger partial charge in [0.25, 0.3) is 5.89 Å². The van der Waals surface area contributed by atoms with Crippen molar-refractivity contribution in [3.63, 3.8) is 0 Å². The van der Waals surface area contributed by atoms with E-state index in [0.29, 0.717) is 37.6 Å². The van der Waals surface area contributed by atoms with Crippen LogP contribution in [0.25, 0.3) is 22.4 Å². The van der Waals surface area contributed by atoms with Gasteiger partial charge in [-0.05, 0) is 36.4 Å². The summed E-state index contributed by atoms with van der Waals surface area (Å²) in [7, 11) is 0. The summed E-state index contributed by atoms with van der Waals surface area (Å²) in [5.41, 5.74) is 1.06. The van der Waals surface area contributed by atoms with Gasteiger partial charge in [-0.25, -0.2) is 0 Å². The number of amides is 1. The summed E-state index contributed by atoms with van der Waals surface area (Å²) < 4.78 is 11.1. The first-order chi connectivity index (χ1) is 15.2. The molecule has 0 saturated carbocycles. The summed E-state index contributed by atoms with van der Waals surface area (Å²) in [4.78, 5) is 19.1. The molecule has 7 nitrogen and oxygen atoms in total. The number of piperidine rings is 1. The number of benzene rings is 2. The van der Waals surface area contributed by atoms with Crippen LogP contribution in [-0.2, 0) is 4.79 Å². The maximum Gasteiger partial charge on any atom is 0.266 e. The van der Waals surface area contributed by atoms with Crippen molar-refractivity contribution >= 4 is 28.3 Å². The van der Waals surface area contributed by atoms with E-state index in [9.17, 15) is 10.1 Å². The molecule has 1 aliphatic heterocycles. The van der Waals surface area contributed by atoms with Crippen LogP contribution in [-0.4, -0.2) is 24.0 Å². The van der Waals surface area contributed by atoms with Crippen molar-refractivity contribution < 1.29 is 13.6 Å². The minimum atomic E-state index is -0.104. The van der Waals surface area contributed by atoms with Crippen molar-refractivity contribution in [2.24, 2.45) is 5.92 Å². The normalized spacial score (nSPS) is 14.5. The number of nitrogens with zero attached hydrogens (tertiary/aromatic N) is 3. The third-order valence-electron chi connectivity index (χ3n) is 5.65. The van der Waals surface area contributed by atoms with Gasteiger partial charge in [0.05, 0.1) is 6.26 Å². The molecule has 1 N–H and O–H groups in total. The number of rotatable bonds is 4. The first-order valence-corrected chi connectivity index (χ1v) is 10.2. The minimum absolute atomic E-state index is 0.0188. The lowest BCUT2D eigenvalue weighted by atomic mass is 9.95. The Morgan fingerprint density at radius 2 is 1.90 bits per heavy atom. The average molecular weight is 412 g/mol. The van der Waals surface area contributed by atoms with Crippen LogP contribution in [0.1, 0.15) is 18.5 Å². The van der Waals surface area contributed by atoms with Gasteiger partial charge in [-0.2, -0.15) is 10.2 Å². The third kappa shape index (κ3) is 3.64. The molecule has 4 aromatic rings. The summed E-state index contributed by atoms with van der Waals surface area (Å²) in [6.07, 6.45) is 2.86. The van der Waals surface area contributed by atoms with Gasteiger partial charge in [-0.15, -0.1) is 0 Å². The van der Waals surface area contributed by atoms with Crippen LogP contribution in [0.15, 0.2) is 69.7 Å². The minimum Gasteiger partial charge on any atom is -0.459 e. The van der Waals surface area contributed by atoms with Crippen LogP contribution in [0.4, 0.5) is 11.6 Å². The molecule has 0 spiro atoms. The maximum absolute atomic E-state index is 12.9. The summed E-state index contributed by atoms with van der Waals surface area (Å²) in [6.45, 7) is 1.21. The van der Waals surface area contributed by atoms with Gasteiger partial charge in [0.15, 0.2) is 5.76 Å². The third-order valence-corrected chi connectivity index (χ3v) is 5.65. The highest BCUT2D eigenvalue weighted by Crippen LogP contribution is 2.32. The zero-order valence-corrected chi connectivity index (χ0v) is 16.7. The second kappa shape index (κ2) is 8.00. The number of furan rings is 1. The molecular weight excluding hydrogens is 392 g/mol. The van der Waals surface area contributed by atoms with Crippen LogP contribution in [0.2, 0.25) is 0 Å². The molecule has 31 heavy (non-hydrogen) atoms. The molecule has 2 aromatic heterocycles. The zero-order chi connectivity index (χ0) is 21.2. The highest BCUT2D eigenvalue weighted by molar-refractivity contribution is 6.02. The number of oxazole rings is 1. The Morgan fingerprint density at radius 3 is 2.68 bits per heavy atom. The van der Waals surface area contributed by atoms with E-state index in [0.717, 1.165) is 16.5 Å². The van der Waals surface area contributed by atoms with E-state index in [4.69, 9.17) is 8.83 Å². The number of fused-ring (bicyclic) bond motifs is 1. The number of carbonyl (C=O) groups excluding carboxylic acids is 1. The van der Waals surface area contributed by atoms with E-state index in [1.54, 1.807) is 12.1 Å². The number of anilines is 2. The Labute approximate surface area is 178 Å². The molecular formula is C24H20N4O3. The predicted octanol–water partition coefficient (Wildman–Crippen LogP) is 4.81. The summed E-state index contributed by atoms with van der Waals surface area (Å²) >= 11 is 0. The van der Waals surface area contributed by atoms with Crippen molar-refractivity contribution in [3.8, 4) is 17.7 Å². The van der Waals surface area contributed by atoms with Gasteiger partial charge in [0.2, 0.25) is 17.5 Å². The van der Waals surface area contributed by atoms with Crippen LogP contribution < -0.4 is 10.2 Å². The van der Waals surface area contributed by atoms with Crippen molar-refractivity contribution in [1.82, 2.24) is 4.98 Å². The maximum atomic E-state index is 12.9. The standard InChI is InChI=1S/C24H20N4O3/c25-15-20-24(31-23(27-20)21-9-4-14-30-21)28-12-10-17(11-13-28)22(29)26-19-8-3-6-16-5-1-2-7-18(16)19/h1-9,14,17H,10-13H2,(H,26,29). The Hall–Kier alpha value is -4.05. The second-order valence-electron chi connectivity index (χ2n) is 7.54. The van der Waals surface area contributed by atoms with E-state index in [2.05, 4.69) is 16.4 Å². The lowest BCUT2D eigenvalue weighted by Gasteiger charge is -2.31. The summed E-state index contributed by atoms with van der Waals surface area (Å²) in [5, 5.41) is 14.7. The molecule has 1 amide bonds. The van der Waals surface area contributed by atoms with Crippen molar-refractivity contribution in [2.45, 2.75) is 12.8 Å². The summed E-state index contributed by atoms with van der Waals surface area (Å²) in [5.74, 6) is 1.11. The quantitative estimate of drug-likeness (QED) is 0.517. The van der Waals surface area contributed by atoms with Crippen molar-refractivity contribution in [3.05, 3.63) is 66.6 Å². The van der Waals surface area contributed by atoms with Crippen LogP contribution in [0.5, 0.6) is 0 Å². The highest BCUT2D eigenvalue weighted by Gasteiger charge is 2.29. The van der Waals surface area contributed by atoms with Crippen molar-refractivity contribution in [1.29, 1.82) is 5.26 Å². The van der Waals surface area contributed by atoms with Gasteiger partial charge in [0, 0.05) is 30.1 Å². The molecule has 1 saturated heterocycles. The number of nitrogens with one attached hydrogen (secondary N) is 1. The molecule has 0 aliphatic carbocycles. The largest absolute Gasteiger partial charge is 0.459 e. The van der Waals surface area contributed by atoms with E-state index in [1.807, 2.05) is 47.4 Å². The van der Waals surface area contributed by atoms with E-state index in [1.165, 1.54) is 6.26 Å². The number of aromatic nitrogens is 1. The number of carbonyl (C=O) groups is 1. The lowest BCUT2D eigenvalue weighted by molar-refractivity contribution is -0.120. The van der Waals surface area contributed by atoms with Crippen LogP contribution in [0.3, 0.4) is 0 Å². The van der Waals surface area contributed by atoms with E-state index >= 15 is 0 Å². The summed E-state index contributed by atoms with van der Waals surface area (Å²) in [6, 6.07) is 19.5. The molecule has 1 fully saturated rings. The molecule has 0 atom stereocenters. The average Bonchev–Trinajstić information content (AvgIpc) is 3.49. The molecule has 0 unspecified atom stereocenters. The monoisotopic (exact) mass is 412 g/mol. The fourth-order valence-corrected chi connectivity index (χ4v) is 4.02. The molecule has 5 rings (SSSR count). The Bertz CT molecular complexity index is 1260. The SMILES string of the molecule is N#Cc1nc(-c2ccco2)oc1N1CCC(C(=O)Nc2cccc3ccccc23)CC1. The van der Waals surface area contributed by atoms with Crippen LogP contribution >= 0.6 is 0 Å². The van der Waals surface area contributed by atoms with E-state index in [-0.39, 0.29) is 23.4 Å². The smallest absolute Gasteiger partial charge is 0.266 e. The zero-order valence-electron chi connectivity index (χ0n) is 16.7. The van der Waals surface area contributed by atoms with E-state index < -0.39 is 0 Å². The fourth-order valence-electron chi connectivity index (χ4n) is 4.02.